The van der Waals surface area contributed by atoms with Gasteiger partial charge in [0.2, 0.25) is 0 Å². The Morgan fingerprint density at radius 2 is 1.92 bits per heavy atom. The number of nitrogens with one attached hydrogen (secondary N) is 1. The van der Waals surface area contributed by atoms with Crippen molar-refractivity contribution >= 4 is 0 Å². The first-order valence-corrected chi connectivity index (χ1v) is 5.37. The molecule has 0 aromatic rings. The molecule has 0 amide bonds. The zero-order chi connectivity index (χ0) is 8.39. The fraction of sp³-hybridized carbons (Fsp3) is 1.00. The second-order valence-corrected chi connectivity index (χ2v) is 4.35. The Hall–Kier alpha value is -0.0800. The molecule has 2 fully saturated rings. The Labute approximate surface area is 74.6 Å². The lowest BCUT2D eigenvalue weighted by Crippen LogP contribution is -3.18. The maximum atomic E-state index is 9.22. The summed E-state index contributed by atoms with van der Waals surface area (Å²) in [5.74, 6) is 0.619. The molecule has 0 bridgehead atoms. The van der Waals surface area contributed by atoms with Crippen molar-refractivity contribution in [1.29, 1.82) is 0 Å². The highest BCUT2D eigenvalue weighted by molar-refractivity contribution is 4.74. The standard InChI is InChI=1S/C10H19NO/c12-8-9-4-3-7-11-6-2-1-5-10(9)11/h9-10,12H,1-8H2/p+1/t9-,10+/m0/s1. The summed E-state index contributed by atoms with van der Waals surface area (Å²) >= 11 is 0. The van der Waals surface area contributed by atoms with Crippen LogP contribution < -0.4 is 4.90 Å². The molecule has 0 saturated carbocycles. The zero-order valence-electron chi connectivity index (χ0n) is 7.76. The van der Waals surface area contributed by atoms with Gasteiger partial charge in [-0.3, -0.25) is 0 Å². The van der Waals surface area contributed by atoms with Crippen LogP contribution in [0.3, 0.4) is 0 Å². The summed E-state index contributed by atoms with van der Waals surface area (Å²) in [5.41, 5.74) is 0. The van der Waals surface area contributed by atoms with Gasteiger partial charge in [0.25, 0.3) is 0 Å². The summed E-state index contributed by atoms with van der Waals surface area (Å²) in [7, 11) is 0. The van der Waals surface area contributed by atoms with E-state index >= 15 is 0 Å². The summed E-state index contributed by atoms with van der Waals surface area (Å²) < 4.78 is 0. The van der Waals surface area contributed by atoms with Crippen molar-refractivity contribution in [3.8, 4) is 0 Å². The smallest absolute Gasteiger partial charge is 0.0925 e. The van der Waals surface area contributed by atoms with Crippen LogP contribution in [0.1, 0.15) is 32.1 Å². The normalized spacial score (nSPS) is 42.2. The van der Waals surface area contributed by atoms with Crippen LogP contribution >= 0.6 is 0 Å². The molecule has 2 heterocycles. The van der Waals surface area contributed by atoms with Gasteiger partial charge in [-0.1, -0.05) is 0 Å². The van der Waals surface area contributed by atoms with Gasteiger partial charge >= 0.3 is 0 Å². The van der Waals surface area contributed by atoms with E-state index in [1.54, 1.807) is 4.90 Å². The van der Waals surface area contributed by atoms with Crippen molar-refractivity contribution in [2.75, 3.05) is 19.7 Å². The monoisotopic (exact) mass is 170 g/mol. The van der Waals surface area contributed by atoms with E-state index < -0.39 is 0 Å². The van der Waals surface area contributed by atoms with Crippen molar-refractivity contribution in [1.82, 2.24) is 0 Å². The molecule has 2 N–H and O–H groups in total. The van der Waals surface area contributed by atoms with Crippen LogP contribution in [0.4, 0.5) is 0 Å². The SMILES string of the molecule is OC[C@@H]1CCC[NH+]2CCCC[C@H]12. The minimum atomic E-state index is 0.425. The van der Waals surface area contributed by atoms with E-state index in [1.807, 2.05) is 0 Å². The quantitative estimate of drug-likeness (QED) is 0.561. The number of hydrogen-bond donors (Lipinski definition) is 2. The van der Waals surface area contributed by atoms with Gasteiger partial charge in [-0.2, -0.15) is 0 Å². The first-order valence-electron chi connectivity index (χ1n) is 5.37. The van der Waals surface area contributed by atoms with Crippen molar-refractivity contribution < 1.29 is 10.0 Å². The van der Waals surface area contributed by atoms with Crippen molar-refractivity contribution in [2.45, 2.75) is 38.1 Å². The van der Waals surface area contributed by atoms with Gasteiger partial charge in [-0.25, -0.2) is 0 Å². The Balaban J connectivity index is 1.99. The molecule has 1 unspecified atom stereocenters. The number of fused-ring (bicyclic) bond motifs is 1. The third-order valence-corrected chi connectivity index (χ3v) is 3.66. The molecule has 2 nitrogen and oxygen atoms in total. The molecule has 3 atom stereocenters. The fourth-order valence-corrected chi connectivity index (χ4v) is 3.00. The first-order chi connectivity index (χ1) is 5.92. The van der Waals surface area contributed by atoms with E-state index in [-0.39, 0.29) is 0 Å². The average molecular weight is 170 g/mol. The Morgan fingerprint density at radius 1 is 1.08 bits per heavy atom. The van der Waals surface area contributed by atoms with E-state index in [1.165, 1.54) is 45.2 Å². The van der Waals surface area contributed by atoms with Crippen molar-refractivity contribution in [3.05, 3.63) is 0 Å². The second kappa shape index (κ2) is 3.75. The summed E-state index contributed by atoms with van der Waals surface area (Å²) in [6, 6.07) is 0.803. The second-order valence-electron chi connectivity index (χ2n) is 4.35. The Morgan fingerprint density at radius 3 is 2.75 bits per heavy atom. The maximum absolute atomic E-state index is 9.22. The number of hydrogen-bond acceptors (Lipinski definition) is 1. The van der Waals surface area contributed by atoms with Gasteiger partial charge in [0, 0.05) is 5.92 Å². The molecule has 0 aromatic carbocycles. The van der Waals surface area contributed by atoms with Crippen LogP contribution in [-0.2, 0) is 0 Å². The number of piperidine rings is 2. The molecule has 0 aliphatic carbocycles. The van der Waals surface area contributed by atoms with Crippen LogP contribution in [-0.4, -0.2) is 30.8 Å². The molecule has 0 aromatic heterocycles. The molecule has 70 valence electrons. The topological polar surface area (TPSA) is 24.7 Å². The van der Waals surface area contributed by atoms with E-state index in [2.05, 4.69) is 0 Å². The largest absolute Gasteiger partial charge is 0.396 e. The molecule has 2 aliphatic rings. The van der Waals surface area contributed by atoms with Crippen LogP contribution in [0.15, 0.2) is 0 Å². The molecule has 12 heavy (non-hydrogen) atoms. The van der Waals surface area contributed by atoms with E-state index in [0.717, 1.165) is 6.04 Å². The van der Waals surface area contributed by atoms with E-state index in [9.17, 15) is 5.11 Å². The number of quaternary nitrogens is 1. The maximum Gasteiger partial charge on any atom is 0.0925 e. The predicted octanol–water partition coefficient (Wildman–Crippen LogP) is -0.174. The fourth-order valence-electron chi connectivity index (χ4n) is 3.00. The van der Waals surface area contributed by atoms with Gasteiger partial charge in [-0.05, 0) is 32.1 Å². The molecule has 2 aliphatic heterocycles. The van der Waals surface area contributed by atoms with Gasteiger partial charge in [0.05, 0.1) is 25.7 Å². The molecule has 2 heteroatoms. The van der Waals surface area contributed by atoms with Crippen LogP contribution in [0.2, 0.25) is 0 Å². The third-order valence-electron chi connectivity index (χ3n) is 3.66. The lowest BCUT2D eigenvalue weighted by molar-refractivity contribution is -0.940. The van der Waals surface area contributed by atoms with Crippen LogP contribution in [0.5, 0.6) is 0 Å². The Kier molecular flexibility index (Phi) is 2.66. The summed E-state index contributed by atoms with van der Waals surface area (Å²) in [5, 5.41) is 9.22. The predicted molar refractivity (Wildman–Crippen MR) is 48.1 cm³/mol. The molecule has 0 radical (unpaired) electrons. The van der Waals surface area contributed by atoms with Gasteiger partial charge in [-0.15, -0.1) is 0 Å². The summed E-state index contributed by atoms with van der Waals surface area (Å²) in [6.45, 7) is 3.15. The minimum Gasteiger partial charge on any atom is -0.396 e. The molecular weight excluding hydrogens is 150 g/mol. The highest BCUT2D eigenvalue weighted by Gasteiger charge is 2.35. The highest BCUT2D eigenvalue weighted by Crippen LogP contribution is 2.19. The van der Waals surface area contributed by atoms with E-state index in [4.69, 9.17) is 0 Å². The van der Waals surface area contributed by atoms with Gasteiger partial charge < -0.3 is 10.0 Å². The third kappa shape index (κ3) is 1.50. The van der Waals surface area contributed by atoms with Crippen LogP contribution in [0, 0.1) is 5.92 Å². The van der Waals surface area contributed by atoms with Crippen molar-refractivity contribution in [3.63, 3.8) is 0 Å². The molecule has 0 spiro atoms. The summed E-state index contributed by atoms with van der Waals surface area (Å²) in [4.78, 5) is 1.78. The molecule has 2 rings (SSSR count). The lowest BCUT2D eigenvalue weighted by Gasteiger charge is -2.40. The minimum absolute atomic E-state index is 0.425. The molecular formula is C10H20NO+. The number of aliphatic hydroxyl groups is 1. The first kappa shape index (κ1) is 8.52. The summed E-state index contributed by atoms with van der Waals surface area (Å²) in [6.07, 6.45) is 6.76. The Bertz CT molecular complexity index is 140. The van der Waals surface area contributed by atoms with Gasteiger partial charge in [0.15, 0.2) is 0 Å². The van der Waals surface area contributed by atoms with Crippen molar-refractivity contribution in [2.24, 2.45) is 5.92 Å². The van der Waals surface area contributed by atoms with E-state index in [0.29, 0.717) is 12.5 Å². The highest BCUT2D eigenvalue weighted by atomic mass is 16.3. The van der Waals surface area contributed by atoms with Crippen LogP contribution in [0.25, 0.3) is 0 Å². The van der Waals surface area contributed by atoms with Gasteiger partial charge in [0.1, 0.15) is 0 Å². The average Bonchev–Trinajstić information content (AvgIpc) is 2.17. The lowest BCUT2D eigenvalue weighted by atomic mass is 9.84. The number of aliphatic hydroxyl groups excluding tert-OH is 1. The number of rotatable bonds is 1. The zero-order valence-corrected chi connectivity index (χ0v) is 7.76. The molecule has 2 saturated heterocycles.